The number of nitrogens with zero attached hydrogens (tertiary/aromatic N) is 3. The van der Waals surface area contributed by atoms with Gasteiger partial charge in [-0.3, -0.25) is 4.40 Å². The van der Waals surface area contributed by atoms with E-state index in [1.165, 1.54) is 4.40 Å². The van der Waals surface area contributed by atoms with Crippen molar-refractivity contribution in [3.63, 3.8) is 0 Å². The second-order valence-corrected chi connectivity index (χ2v) is 8.66. The van der Waals surface area contributed by atoms with E-state index in [0.717, 1.165) is 23.5 Å². The van der Waals surface area contributed by atoms with Gasteiger partial charge in [0.15, 0.2) is 4.90 Å². The maximum absolute atomic E-state index is 12.9. The summed E-state index contributed by atoms with van der Waals surface area (Å²) in [4.78, 5) is 8.33. The van der Waals surface area contributed by atoms with Crippen LogP contribution in [0.5, 0.6) is 0 Å². The van der Waals surface area contributed by atoms with Crippen LogP contribution in [0.25, 0.3) is 28.0 Å². The fourth-order valence-electron chi connectivity index (χ4n) is 3.08. The highest BCUT2D eigenvalue weighted by Gasteiger charge is 2.33. The second kappa shape index (κ2) is 7.94. The van der Waals surface area contributed by atoms with E-state index < -0.39 is 23.0 Å². The minimum absolute atomic E-state index is 0.113. The molecule has 4 nitrogen and oxygen atoms in total. The van der Waals surface area contributed by atoms with Crippen molar-refractivity contribution in [3.8, 4) is 22.4 Å². The molecule has 0 bridgehead atoms. The summed E-state index contributed by atoms with van der Waals surface area (Å²) in [5, 5.41) is 0.615. The fourth-order valence-corrected chi connectivity index (χ4v) is 4.19. The van der Waals surface area contributed by atoms with Crippen LogP contribution >= 0.6 is 11.6 Å². The molecule has 2 aromatic carbocycles. The Morgan fingerprint density at radius 3 is 2.43 bits per heavy atom. The molecule has 0 saturated heterocycles. The van der Waals surface area contributed by atoms with E-state index in [1.54, 1.807) is 31.3 Å². The van der Waals surface area contributed by atoms with Gasteiger partial charge < -0.3 is 4.55 Å². The first-order valence-electron chi connectivity index (χ1n) is 8.97. The monoisotopic (exact) mass is 449 g/mol. The van der Waals surface area contributed by atoms with Gasteiger partial charge in [0, 0.05) is 23.4 Å². The Morgan fingerprint density at radius 2 is 1.77 bits per heavy atom. The number of alkyl halides is 3. The van der Waals surface area contributed by atoms with Gasteiger partial charge in [-0.2, -0.15) is 13.2 Å². The summed E-state index contributed by atoms with van der Waals surface area (Å²) >= 11 is 4.65. The molecule has 0 amide bonds. The molecule has 4 rings (SSSR count). The number of rotatable bonds is 4. The van der Waals surface area contributed by atoms with Crippen molar-refractivity contribution in [1.82, 2.24) is 14.4 Å². The number of benzene rings is 2. The lowest BCUT2D eigenvalue weighted by atomic mass is 10.0. The lowest BCUT2D eigenvalue weighted by Crippen LogP contribution is -2.08. The van der Waals surface area contributed by atoms with Gasteiger partial charge in [0.1, 0.15) is 23.4 Å². The summed E-state index contributed by atoms with van der Waals surface area (Å²) in [7, 11) is 0. The van der Waals surface area contributed by atoms with Gasteiger partial charge in [-0.05, 0) is 47.4 Å². The lowest BCUT2D eigenvalue weighted by Gasteiger charge is -2.13. The van der Waals surface area contributed by atoms with Crippen LogP contribution in [0.3, 0.4) is 0 Å². The van der Waals surface area contributed by atoms with Crippen LogP contribution in [-0.4, -0.2) is 24.7 Å². The molecule has 9 heteroatoms. The highest BCUT2D eigenvalue weighted by Crippen LogP contribution is 2.33. The predicted molar refractivity (Wildman–Crippen MR) is 111 cm³/mol. The molecule has 0 N–H and O–H groups in total. The number of hydrogen-bond donors (Lipinski definition) is 0. The standard InChI is InChI=1S/C21H15ClF3N3OS/c1-2-30(29)18-9-14(13-3-6-15(22)7-4-13)5-8-16(18)17-11-28-12-26-19(21(23,24)25)10-20(28)27-17/h3-12H,2H2,1H3. The molecule has 2 aromatic heterocycles. The van der Waals surface area contributed by atoms with E-state index in [0.29, 0.717) is 26.9 Å². The smallest absolute Gasteiger partial charge is 0.433 e. The summed E-state index contributed by atoms with van der Waals surface area (Å²) in [6, 6.07) is 13.6. The van der Waals surface area contributed by atoms with Crippen LogP contribution < -0.4 is 0 Å². The minimum atomic E-state index is -4.55. The number of fused-ring (bicyclic) bond motifs is 1. The minimum Gasteiger partial charge on any atom is -0.611 e. The van der Waals surface area contributed by atoms with Gasteiger partial charge in [-0.15, -0.1) is 0 Å². The van der Waals surface area contributed by atoms with Gasteiger partial charge in [-0.25, -0.2) is 9.97 Å². The molecule has 154 valence electrons. The largest absolute Gasteiger partial charge is 0.611 e. The zero-order chi connectivity index (χ0) is 21.5. The number of aromatic nitrogens is 3. The Hall–Kier alpha value is -2.55. The topological polar surface area (TPSA) is 53.2 Å². The van der Waals surface area contributed by atoms with Gasteiger partial charge in [0.2, 0.25) is 0 Å². The fraction of sp³-hybridized carbons (Fsp3) is 0.143. The SMILES string of the molecule is CC[S+]([O-])c1cc(-c2ccc(Cl)cc2)ccc1-c1cn2cnc(C(F)(F)F)cc2n1. The van der Waals surface area contributed by atoms with Crippen LogP contribution in [0.15, 0.2) is 66.0 Å². The van der Waals surface area contributed by atoms with Crippen molar-refractivity contribution in [2.75, 3.05) is 5.75 Å². The van der Waals surface area contributed by atoms with E-state index >= 15 is 0 Å². The van der Waals surface area contributed by atoms with Crippen molar-refractivity contribution in [2.45, 2.75) is 18.0 Å². The Kier molecular flexibility index (Phi) is 5.48. The lowest BCUT2D eigenvalue weighted by molar-refractivity contribution is -0.141. The first-order valence-corrected chi connectivity index (χ1v) is 10.7. The molecule has 1 atom stereocenters. The molecule has 30 heavy (non-hydrogen) atoms. The number of halogens is 4. The Morgan fingerprint density at radius 1 is 1.07 bits per heavy atom. The van der Waals surface area contributed by atoms with E-state index in [9.17, 15) is 17.7 Å². The molecule has 1 unspecified atom stereocenters. The molecule has 0 aliphatic heterocycles. The van der Waals surface area contributed by atoms with E-state index in [-0.39, 0.29) is 5.65 Å². The summed E-state index contributed by atoms with van der Waals surface area (Å²) in [6.45, 7) is 1.80. The maximum atomic E-state index is 12.9. The zero-order valence-corrected chi connectivity index (χ0v) is 17.2. The average molecular weight is 450 g/mol. The normalized spacial score (nSPS) is 13.0. The van der Waals surface area contributed by atoms with Gasteiger partial charge in [0.05, 0.1) is 11.3 Å². The third kappa shape index (κ3) is 4.03. The molecule has 2 heterocycles. The van der Waals surface area contributed by atoms with Crippen LogP contribution in [0, 0.1) is 0 Å². The molecule has 4 aromatic rings. The Balaban J connectivity index is 1.82. The third-order valence-corrected chi connectivity index (χ3v) is 6.19. The molecule has 0 spiro atoms. The third-order valence-electron chi connectivity index (χ3n) is 4.58. The van der Waals surface area contributed by atoms with Crippen LogP contribution in [-0.2, 0) is 17.4 Å². The molecule has 0 saturated carbocycles. The number of imidazole rings is 1. The molecule has 0 aliphatic carbocycles. The summed E-state index contributed by atoms with van der Waals surface area (Å²) < 4.78 is 53.0. The van der Waals surface area contributed by atoms with Crippen molar-refractivity contribution < 1.29 is 17.7 Å². The molecule has 0 radical (unpaired) electrons. The van der Waals surface area contributed by atoms with Crippen LogP contribution in [0.2, 0.25) is 5.02 Å². The predicted octanol–water partition coefficient (Wildman–Crippen LogP) is 5.86. The zero-order valence-electron chi connectivity index (χ0n) is 15.7. The molecular formula is C21H15ClF3N3OS. The summed E-state index contributed by atoms with van der Waals surface area (Å²) in [5.41, 5.74) is 1.90. The highest BCUT2D eigenvalue weighted by atomic mass is 35.5. The van der Waals surface area contributed by atoms with Crippen LogP contribution in [0.1, 0.15) is 12.6 Å². The van der Waals surface area contributed by atoms with E-state index in [1.807, 2.05) is 24.3 Å². The quantitative estimate of drug-likeness (QED) is 0.366. The Labute approximate surface area is 178 Å². The van der Waals surface area contributed by atoms with E-state index in [4.69, 9.17) is 11.6 Å². The second-order valence-electron chi connectivity index (χ2n) is 6.52. The van der Waals surface area contributed by atoms with Crippen molar-refractivity contribution in [2.24, 2.45) is 0 Å². The molecular weight excluding hydrogens is 435 g/mol. The maximum Gasteiger partial charge on any atom is 0.433 e. The first-order chi connectivity index (χ1) is 14.3. The average Bonchev–Trinajstić information content (AvgIpc) is 3.16. The highest BCUT2D eigenvalue weighted by molar-refractivity contribution is 7.91. The van der Waals surface area contributed by atoms with Crippen LogP contribution in [0.4, 0.5) is 13.2 Å². The molecule has 0 aliphatic rings. The van der Waals surface area contributed by atoms with E-state index in [2.05, 4.69) is 9.97 Å². The van der Waals surface area contributed by atoms with Crippen molar-refractivity contribution in [3.05, 3.63) is 71.8 Å². The van der Waals surface area contributed by atoms with Gasteiger partial charge in [-0.1, -0.05) is 29.8 Å². The first kappa shape index (κ1) is 20.7. The van der Waals surface area contributed by atoms with Crippen molar-refractivity contribution in [1.29, 1.82) is 0 Å². The van der Waals surface area contributed by atoms with Gasteiger partial charge >= 0.3 is 6.18 Å². The summed E-state index contributed by atoms with van der Waals surface area (Å²) in [5.74, 6) is 0.393. The van der Waals surface area contributed by atoms with Gasteiger partial charge in [0.25, 0.3) is 0 Å². The number of hydrogen-bond acceptors (Lipinski definition) is 3. The van der Waals surface area contributed by atoms with Crippen molar-refractivity contribution >= 4 is 28.4 Å². The Bertz CT molecular complexity index is 1210. The molecule has 0 fully saturated rings. The summed E-state index contributed by atoms with van der Waals surface area (Å²) in [6.07, 6.45) is -1.90.